The second kappa shape index (κ2) is 5.39. The van der Waals surface area contributed by atoms with Gasteiger partial charge in [0.2, 0.25) is 0 Å². The summed E-state index contributed by atoms with van der Waals surface area (Å²) in [4.78, 5) is 4.61. The molecule has 19 heavy (non-hydrogen) atoms. The van der Waals surface area contributed by atoms with E-state index in [0.717, 1.165) is 18.7 Å². The first kappa shape index (κ1) is 14.2. The maximum Gasteiger partial charge on any atom is 0.120 e. The minimum absolute atomic E-state index is 0.310. The number of benzene rings is 1. The van der Waals surface area contributed by atoms with Gasteiger partial charge in [-0.1, -0.05) is 0 Å². The number of phenols is 1. The lowest BCUT2D eigenvalue weighted by molar-refractivity contribution is 0.0257. The molecule has 0 unspecified atom stereocenters. The number of aromatic hydroxyl groups is 1. The van der Waals surface area contributed by atoms with E-state index in [-0.39, 0.29) is 0 Å². The summed E-state index contributed by atoms with van der Waals surface area (Å²) in [6, 6.07) is 5.25. The first-order valence-corrected chi connectivity index (χ1v) is 6.86. The highest BCUT2D eigenvalue weighted by Gasteiger charge is 2.39. The van der Waals surface area contributed by atoms with Crippen LogP contribution in [0.5, 0.6) is 5.75 Å². The molecule has 3 N–H and O–H groups in total. The Morgan fingerprint density at radius 3 is 2.47 bits per heavy atom. The van der Waals surface area contributed by atoms with E-state index in [2.05, 4.69) is 30.9 Å². The summed E-state index contributed by atoms with van der Waals surface area (Å²) in [6.07, 6.45) is 3.83. The van der Waals surface area contributed by atoms with Crippen LogP contribution < -0.4 is 5.73 Å². The van der Waals surface area contributed by atoms with Crippen LogP contribution in [0.25, 0.3) is 0 Å². The van der Waals surface area contributed by atoms with Gasteiger partial charge >= 0.3 is 0 Å². The van der Waals surface area contributed by atoms with Gasteiger partial charge < -0.3 is 20.6 Å². The maximum atomic E-state index is 9.87. The van der Waals surface area contributed by atoms with Gasteiger partial charge in [0.05, 0.1) is 0 Å². The Labute approximate surface area is 115 Å². The van der Waals surface area contributed by atoms with Gasteiger partial charge in [0.15, 0.2) is 0 Å². The number of anilines is 1. The van der Waals surface area contributed by atoms with Crippen LogP contribution in [0.3, 0.4) is 0 Å². The van der Waals surface area contributed by atoms with E-state index in [1.165, 1.54) is 19.3 Å². The Bertz CT molecular complexity index is 441. The van der Waals surface area contributed by atoms with Crippen molar-refractivity contribution in [1.29, 1.82) is 0 Å². The molecule has 4 nitrogen and oxygen atoms in total. The molecule has 1 aliphatic carbocycles. The highest BCUT2D eigenvalue weighted by Crippen LogP contribution is 2.37. The van der Waals surface area contributed by atoms with Gasteiger partial charge in [0.1, 0.15) is 5.75 Å². The lowest BCUT2D eigenvalue weighted by Gasteiger charge is -2.49. The van der Waals surface area contributed by atoms with Gasteiger partial charge in [-0.2, -0.15) is 0 Å². The van der Waals surface area contributed by atoms with E-state index < -0.39 is 0 Å². The first-order valence-electron chi connectivity index (χ1n) is 6.86. The van der Waals surface area contributed by atoms with E-state index in [4.69, 9.17) is 5.73 Å². The van der Waals surface area contributed by atoms with Gasteiger partial charge in [-0.25, -0.2) is 0 Å². The topological polar surface area (TPSA) is 52.7 Å². The molecule has 1 aliphatic rings. The van der Waals surface area contributed by atoms with Crippen molar-refractivity contribution in [2.75, 3.05) is 33.4 Å². The Kier molecular flexibility index (Phi) is 4.02. The lowest BCUT2D eigenvalue weighted by atomic mass is 9.75. The van der Waals surface area contributed by atoms with Crippen molar-refractivity contribution in [3.05, 3.63) is 23.8 Å². The van der Waals surface area contributed by atoms with Crippen molar-refractivity contribution in [2.24, 2.45) is 0 Å². The molecule has 1 saturated carbocycles. The molecule has 0 radical (unpaired) electrons. The molecule has 1 fully saturated rings. The molecule has 2 rings (SSSR count). The molecule has 1 aromatic carbocycles. The Hall–Kier alpha value is -1.26. The average Bonchev–Trinajstić information content (AvgIpc) is 2.28. The Balaban J connectivity index is 2.01. The molecule has 0 heterocycles. The molecule has 0 aromatic heterocycles. The van der Waals surface area contributed by atoms with Crippen LogP contribution >= 0.6 is 0 Å². The van der Waals surface area contributed by atoms with Crippen molar-refractivity contribution in [3.8, 4) is 5.75 Å². The number of nitrogen functional groups attached to an aromatic ring is 1. The van der Waals surface area contributed by atoms with E-state index in [1.807, 2.05) is 6.07 Å². The monoisotopic (exact) mass is 263 g/mol. The second-order valence-electron chi connectivity index (χ2n) is 6.03. The van der Waals surface area contributed by atoms with Gasteiger partial charge in [0, 0.05) is 29.9 Å². The summed E-state index contributed by atoms with van der Waals surface area (Å²) < 4.78 is 0. The SMILES string of the molecule is CN(Cc1cc(N)ccc1O)CC1(N(C)C)CCC1. The zero-order valence-electron chi connectivity index (χ0n) is 12.2. The minimum Gasteiger partial charge on any atom is -0.508 e. The molecule has 0 amide bonds. The van der Waals surface area contributed by atoms with E-state index in [9.17, 15) is 5.11 Å². The quantitative estimate of drug-likeness (QED) is 0.629. The van der Waals surface area contributed by atoms with Crippen LogP contribution in [-0.4, -0.2) is 48.1 Å². The number of nitrogens with two attached hydrogens (primary N) is 1. The third-order valence-electron chi connectivity index (χ3n) is 4.34. The summed E-state index contributed by atoms with van der Waals surface area (Å²) in [5.74, 6) is 0.327. The normalized spacial score (nSPS) is 17.7. The van der Waals surface area contributed by atoms with Gasteiger partial charge in [-0.3, -0.25) is 0 Å². The number of hydrogen-bond donors (Lipinski definition) is 2. The van der Waals surface area contributed by atoms with Crippen molar-refractivity contribution in [2.45, 2.75) is 31.3 Å². The molecule has 0 atom stereocenters. The van der Waals surface area contributed by atoms with Crippen LogP contribution in [0.1, 0.15) is 24.8 Å². The zero-order valence-corrected chi connectivity index (χ0v) is 12.2. The number of nitrogens with zero attached hydrogens (tertiary/aromatic N) is 2. The molecule has 0 spiro atoms. The first-order chi connectivity index (χ1) is 8.93. The van der Waals surface area contributed by atoms with Crippen molar-refractivity contribution in [1.82, 2.24) is 9.80 Å². The third-order valence-corrected chi connectivity index (χ3v) is 4.34. The zero-order chi connectivity index (χ0) is 14.0. The maximum absolute atomic E-state index is 9.87. The molecule has 0 saturated heterocycles. The van der Waals surface area contributed by atoms with Crippen LogP contribution in [0.15, 0.2) is 18.2 Å². The number of likely N-dealkylation sites (N-methyl/N-ethyl adjacent to an activating group) is 2. The molecule has 4 heteroatoms. The van der Waals surface area contributed by atoms with Crippen molar-refractivity contribution >= 4 is 5.69 Å². The van der Waals surface area contributed by atoms with E-state index in [1.54, 1.807) is 12.1 Å². The Morgan fingerprint density at radius 1 is 1.26 bits per heavy atom. The third kappa shape index (κ3) is 3.01. The molecular formula is C15H25N3O. The van der Waals surface area contributed by atoms with Crippen LogP contribution in [0, 0.1) is 0 Å². The van der Waals surface area contributed by atoms with E-state index in [0.29, 0.717) is 17.0 Å². The highest BCUT2D eigenvalue weighted by atomic mass is 16.3. The molecule has 1 aromatic rings. The van der Waals surface area contributed by atoms with Crippen LogP contribution in [0.4, 0.5) is 5.69 Å². The van der Waals surface area contributed by atoms with Gasteiger partial charge in [-0.05, 0) is 58.6 Å². The lowest BCUT2D eigenvalue weighted by Crippen LogP contribution is -2.56. The van der Waals surface area contributed by atoms with Crippen LogP contribution in [-0.2, 0) is 6.54 Å². The average molecular weight is 263 g/mol. The molecular weight excluding hydrogens is 238 g/mol. The fourth-order valence-electron chi connectivity index (χ4n) is 2.91. The summed E-state index contributed by atoms with van der Waals surface area (Å²) in [6.45, 7) is 1.75. The van der Waals surface area contributed by atoms with Crippen LogP contribution in [0.2, 0.25) is 0 Å². The predicted octanol–water partition coefficient (Wildman–Crippen LogP) is 1.89. The number of phenolic OH excluding ortho intramolecular Hbond substituents is 1. The largest absolute Gasteiger partial charge is 0.508 e. The van der Waals surface area contributed by atoms with Crippen molar-refractivity contribution in [3.63, 3.8) is 0 Å². The fraction of sp³-hybridized carbons (Fsp3) is 0.600. The molecule has 106 valence electrons. The van der Waals surface area contributed by atoms with Crippen molar-refractivity contribution < 1.29 is 5.11 Å². The second-order valence-corrected chi connectivity index (χ2v) is 6.03. The Morgan fingerprint density at radius 2 is 1.95 bits per heavy atom. The summed E-state index contributed by atoms with van der Waals surface area (Å²) in [5, 5.41) is 9.87. The molecule has 0 aliphatic heterocycles. The minimum atomic E-state index is 0.310. The fourth-order valence-corrected chi connectivity index (χ4v) is 2.91. The predicted molar refractivity (Wildman–Crippen MR) is 79.1 cm³/mol. The number of hydrogen-bond acceptors (Lipinski definition) is 4. The van der Waals surface area contributed by atoms with E-state index >= 15 is 0 Å². The highest BCUT2D eigenvalue weighted by molar-refractivity contribution is 5.47. The summed E-state index contributed by atoms with van der Waals surface area (Å²) in [7, 11) is 6.42. The number of rotatable bonds is 5. The van der Waals surface area contributed by atoms with Gasteiger partial charge in [0.25, 0.3) is 0 Å². The molecule has 0 bridgehead atoms. The standard InChI is InChI=1S/C15H25N3O/c1-17(2)15(7-4-8-15)11-18(3)10-12-9-13(16)5-6-14(12)19/h5-6,9,19H,4,7-8,10-11,16H2,1-3H3. The summed E-state index contributed by atoms with van der Waals surface area (Å²) in [5.41, 5.74) is 7.69. The van der Waals surface area contributed by atoms with Gasteiger partial charge in [-0.15, -0.1) is 0 Å². The summed E-state index contributed by atoms with van der Waals surface area (Å²) >= 11 is 0. The smallest absolute Gasteiger partial charge is 0.120 e.